The maximum atomic E-state index is 3.45. The van der Waals surface area contributed by atoms with Crippen LogP contribution >= 0.6 is 0 Å². The summed E-state index contributed by atoms with van der Waals surface area (Å²) in [7, 11) is 0. The van der Waals surface area contributed by atoms with E-state index in [0.29, 0.717) is 0 Å². The predicted octanol–water partition coefficient (Wildman–Crippen LogP) is 3.99. The average Bonchev–Trinajstić information content (AvgIpc) is 2.66. The summed E-state index contributed by atoms with van der Waals surface area (Å²) in [5.41, 5.74) is 7.65. The van der Waals surface area contributed by atoms with E-state index < -0.39 is 23.2 Å². The normalized spacial score (nSPS) is 18.8. The van der Waals surface area contributed by atoms with Crippen molar-refractivity contribution in [1.29, 1.82) is 0 Å². The molecule has 1 nitrogen and oxygen atoms in total. The van der Waals surface area contributed by atoms with E-state index in [2.05, 4.69) is 59.5 Å². The van der Waals surface area contributed by atoms with Crippen LogP contribution < -0.4 is 3.27 Å². The molecular weight excluding hydrogens is 297 g/mol. The Balaban J connectivity index is 2.39. The number of hydrogen-bond donors (Lipinski definition) is 1. The summed E-state index contributed by atoms with van der Waals surface area (Å²) in [6.45, 7) is 16.1. The number of rotatable bonds is 2. The standard InChI is InChI=1S/C10H15.C6H8N.Zr/c1-7-6-10(4,5)9(3)8(7)2;1-5-3-4-6(2)7-5;/h1-5H3;3,7H,1-2H3;. The number of aryl methyl sites for hydroxylation is 2. The van der Waals surface area contributed by atoms with Crippen LogP contribution in [0.1, 0.15) is 46.0 Å². The van der Waals surface area contributed by atoms with Gasteiger partial charge in [-0.2, -0.15) is 0 Å². The monoisotopic (exact) mass is 319 g/mol. The summed E-state index contributed by atoms with van der Waals surface area (Å²) in [4.78, 5) is 3.45. The summed E-state index contributed by atoms with van der Waals surface area (Å²) < 4.78 is 3.37. The second-order valence-electron chi connectivity index (χ2n) is 5.99. The van der Waals surface area contributed by atoms with Crippen LogP contribution in [0.15, 0.2) is 26.1 Å². The van der Waals surface area contributed by atoms with Crippen molar-refractivity contribution in [2.75, 3.05) is 0 Å². The third-order valence-corrected chi connectivity index (χ3v) is 9.48. The zero-order chi connectivity index (χ0) is 13.7. The second kappa shape index (κ2) is 4.63. The molecule has 0 fully saturated rings. The van der Waals surface area contributed by atoms with Gasteiger partial charge in [0.15, 0.2) is 0 Å². The first-order valence-electron chi connectivity index (χ1n) is 6.58. The molecule has 2 rings (SSSR count). The third-order valence-electron chi connectivity index (χ3n) is 4.47. The molecule has 0 saturated carbocycles. The number of hydrogen-bond acceptors (Lipinski definition) is 0. The number of allylic oxidation sites excluding steroid dienone is 4. The molecule has 0 spiro atoms. The Hall–Kier alpha value is -0.357. The fraction of sp³-hybridized carbons (Fsp3) is 0.500. The molecule has 2 heteroatoms. The van der Waals surface area contributed by atoms with E-state index in [1.54, 1.807) is 17.7 Å². The Labute approximate surface area is 122 Å². The second-order valence-corrected chi connectivity index (χ2v) is 9.16. The van der Waals surface area contributed by atoms with Crippen molar-refractivity contribution in [1.82, 2.24) is 4.98 Å². The molecule has 1 aromatic heterocycles. The molecule has 1 N–H and O–H groups in total. The van der Waals surface area contributed by atoms with Gasteiger partial charge in [0, 0.05) is 0 Å². The van der Waals surface area contributed by atoms with Gasteiger partial charge in [-0.25, -0.2) is 0 Å². The number of nitrogens with one attached hydrogen (secondary N) is 1. The van der Waals surface area contributed by atoms with E-state index in [1.165, 1.54) is 17.0 Å². The van der Waals surface area contributed by atoms with E-state index in [9.17, 15) is 0 Å². The quantitative estimate of drug-likeness (QED) is 0.848. The van der Waals surface area contributed by atoms with E-state index in [0.717, 1.165) is 0 Å². The molecule has 1 aromatic rings. The molecule has 0 amide bonds. The molecular formula is C16H23NZr. The Morgan fingerprint density at radius 2 is 1.61 bits per heavy atom. The average molecular weight is 321 g/mol. The van der Waals surface area contributed by atoms with Crippen molar-refractivity contribution in [2.45, 2.75) is 48.5 Å². The van der Waals surface area contributed by atoms with Gasteiger partial charge in [-0.05, 0) is 0 Å². The van der Waals surface area contributed by atoms with Gasteiger partial charge in [-0.3, -0.25) is 0 Å². The van der Waals surface area contributed by atoms with Crippen LogP contribution in [0.2, 0.25) is 0 Å². The summed E-state index contributed by atoms with van der Waals surface area (Å²) >= 11 is -0.671. The molecule has 0 atom stereocenters. The number of H-pyrrole nitrogens is 1. The zero-order valence-electron chi connectivity index (χ0n) is 12.6. The van der Waals surface area contributed by atoms with Crippen LogP contribution in [0.3, 0.4) is 0 Å². The van der Waals surface area contributed by atoms with Gasteiger partial charge in [0.2, 0.25) is 0 Å². The van der Waals surface area contributed by atoms with Crippen molar-refractivity contribution in [3.8, 4) is 0 Å². The predicted molar refractivity (Wildman–Crippen MR) is 74.8 cm³/mol. The first-order chi connectivity index (χ1) is 8.25. The Morgan fingerprint density at radius 1 is 1.00 bits per heavy atom. The molecule has 1 heterocycles. The maximum absolute atomic E-state index is 3.45. The first kappa shape index (κ1) is 14.1. The van der Waals surface area contributed by atoms with Crippen molar-refractivity contribution >= 4 is 3.27 Å². The molecule has 1 aliphatic rings. The Bertz CT molecular complexity index is 556. The molecule has 96 valence electrons. The van der Waals surface area contributed by atoms with Gasteiger partial charge in [-0.15, -0.1) is 0 Å². The molecule has 0 aliphatic heterocycles. The fourth-order valence-electron chi connectivity index (χ4n) is 2.83. The van der Waals surface area contributed by atoms with Crippen LogP contribution in [0.25, 0.3) is 0 Å². The van der Waals surface area contributed by atoms with Gasteiger partial charge >= 0.3 is 123 Å². The van der Waals surface area contributed by atoms with Crippen molar-refractivity contribution in [3.05, 3.63) is 37.5 Å². The minimum absolute atomic E-state index is 0.290. The molecule has 1 aliphatic carbocycles. The first-order valence-corrected chi connectivity index (χ1v) is 9.04. The van der Waals surface area contributed by atoms with Crippen molar-refractivity contribution in [2.24, 2.45) is 5.41 Å². The van der Waals surface area contributed by atoms with Crippen LogP contribution in [-0.2, 0) is 23.2 Å². The molecule has 0 unspecified atom stereocenters. The topological polar surface area (TPSA) is 15.8 Å². The van der Waals surface area contributed by atoms with E-state index >= 15 is 0 Å². The SMILES string of the molecule is CC1=C(C)C(C)(C)[C]([Zr][c]2cc(C)[nH]c2C)=C1C. The Kier molecular flexibility index (Phi) is 3.62. The van der Waals surface area contributed by atoms with Gasteiger partial charge in [0.1, 0.15) is 0 Å². The van der Waals surface area contributed by atoms with E-state index in [-0.39, 0.29) is 5.41 Å². The van der Waals surface area contributed by atoms with Crippen LogP contribution in [0.5, 0.6) is 0 Å². The van der Waals surface area contributed by atoms with Gasteiger partial charge < -0.3 is 0 Å². The minimum atomic E-state index is -0.671. The van der Waals surface area contributed by atoms with Gasteiger partial charge in [0.25, 0.3) is 0 Å². The summed E-state index contributed by atoms with van der Waals surface area (Å²) in [6, 6.07) is 2.36. The van der Waals surface area contributed by atoms with Gasteiger partial charge in [0.05, 0.1) is 0 Å². The van der Waals surface area contributed by atoms with Crippen LogP contribution in [0.4, 0.5) is 0 Å². The van der Waals surface area contributed by atoms with Crippen molar-refractivity contribution in [3.63, 3.8) is 0 Å². The number of aromatic amines is 1. The third kappa shape index (κ3) is 2.13. The fourth-order valence-corrected chi connectivity index (χ4v) is 6.97. The molecule has 0 radical (unpaired) electrons. The van der Waals surface area contributed by atoms with E-state index in [1.807, 2.05) is 0 Å². The molecule has 0 bridgehead atoms. The molecule has 0 aromatic carbocycles. The van der Waals surface area contributed by atoms with Crippen LogP contribution in [-0.4, -0.2) is 4.98 Å². The van der Waals surface area contributed by atoms with E-state index in [4.69, 9.17) is 0 Å². The molecule has 0 saturated heterocycles. The summed E-state index contributed by atoms with van der Waals surface area (Å²) in [6.07, 6.45) is 0. The number of aromatic nitrogens is 1. The van der Waals surface area contributed by atoms with Gasteiger partial charge in [-0.1, -0.05) is 0 Å². The molecule has 18 heavy (non-hydrogen) atoms. The zero-order valence-corrected chi connectivity index (χ0v) is 15.0. The summed E-state index contributed by atoms with van der Waals surface area (Å²) in [5.74, 6) is 0. The van der Waals surface area contributed by atoms with Crippen molar-refractivity contribution < 1.29 is 23.2 Å². The van der Waals surface area contributed by atoms with Crippen LogP contribution in [0, 0.1) is 19.3 Å². The summed E-state index contributed by atoms with van der Waals surface area (Å²) in [5, 5.41) is 0. The Morgan fingerprint density at radius 3 is 2.00 bits per heavy atom.